The molecule has 0 aromatic heterocycles. The van der Waals surface area contributed by atoms with E-state index in [1.54, 1.807) is 56.4 Å². The average Bonchev–Trinajstić information content (AvgIpc) is 2.62. The van der Waals surface area contributed by atoms with Gasteiger partial charge < -0.3 is 9.64 Å². The highest BCUT2D eigenvalue weighted by atomic mass is 35.5. The number of carbonyl (C=O) groups is 1. The molecule has 0 heterocycles. The Hall–Kier alpha value is -2.25. The number of ether oxygens (including phenoxy) is 1. The summed E-state index contributed by atoms with van der Waals surface area (Å²) in [6.45, 7) is 2.50. The molecule has 0 aliphatic carbocycles. The van der Waals surface area contributed by atoms with Gasteiger partial charge in [-0.15, -0.1) is 0 Å². The first-order chi connectivity index (χ1) is 12.8. The molecule has 0 aliphatic rings. The second-order valence-corrected chi connectivity index (χ2v) is 8.31. The summed E-state index contributed by atoms with van der Waals surface area (Å²) in [5.74, 6) is 0.492. The molecule has 6 nitrogen and oxygen atoms in total. The summed E-state index contributed by atoms with van der Waals surface area (Å²) in [5.41, 5.74) is 0.779. The number of anilines is 1. The minimum absolute atomic E-state index is 0.0348. The molecular weight excluding hydrogens is 388 g/mol. The quantitative estimate of drug-likeness (QED) is 0.684. The van der Waals surface area contributed by atoms with Crippen molar-refractivity contribution in [3.8, 4) is 5.75 Å². The molecule has 0 saturated carbocycles. The zero-order chi connectivity index (χ0) is 19.9. The maximum atomic E-state index is 12.6. The van der Waals surface area contributed by atoms with Gasteiger partial charge in [0.05, 0.1) is 12.3 Å². The van der Waals surface area contributed by atoms with Gasteiger partial charge in [-0.3, -0.25) is 9.52 Å². The van der Waals surface area contributed by atoms with E-state index >= 15 is 0 Å². The van der Waals surface area contributed by atoms with Crippen LogP contribution in [-0.2, 0) is 10.0 Å². The highest BCUT2D eigenvalue weighted by Crippen LogP contribution is 2.16. The zero-order valence-electron chi connectivity index (χ0n) is 15.3. The van der Waals surface area contributed by atoms with Gasteiger partial charge in [-0.25, -0.2) is 8.42 Å². The minimum atomic E-state index is -3.40. The monoisotopic (exact) mass is 410 g/mol. The van der Waals surface area contributed by atoms with Crippen LogP contribution in [0.25, 0.3) is 0 Å². The van der Waals surface area contributed by atoms with Crippen LogP contribution < -0.4 is 9.46 Å². The minimum Gasteiger partial charge on any atom is -0.492 e. The van der Waals surface area contributed by atoms with Crippen molar-refractivity contribution >= 4 is 33.2 Å². The van der Waals surface area contributed by atoms with Crippen molar-refractivity contribution in [1.29, 1.82) is 0 Å². The average molecular weight is 411 g/mol. The van der Waals surface area contributed by atoms with Crippen molar-refractivity contribution in [2.24, 2.45) is 0 Å². The number of nitrogens with zero attached hydrogens (tertiary/aromatic N) is 1. The number of sulfonamides is 1. The Balaban J connectivity index is 1.93. The maximum Gasteiger partial charge on any atom is 0.253 e. The Bertz CT molecular complexity index is 870. The summed E-state index contributed by atoms with van der Waals surface area (Å²) in [5, 5.41) is 0.629. The topological polar surface area (TPSA) is 75.7 Å². The van der Waals surface area contributed by atoms with Crippen LogP contribution in [0, 0.1) is 0 Å². The summed E-state index contributed by atoms with van der Waals surface area (Å²) in [7, 11) is -1.73. The van der Waals surface area contributed by atoms with Gasteiger partial charge in [-0.1, -0.05) is 24.6 Å². The van der Waals surface area contributed by atoms with Crippen molar-refractivity contribution in [2.75, 3.05) is 30.7 Å². The van der Waals surface area contributed by atoms with E-state index in [1.807, 2.05) is 0 Å². The smallest absolute Gasteiger partial charge is 0.253 e. The highest BCUT2D eigenvalue weighted by molar-refractivity contribution is 7.92. The van der Waals surface area contributed by atoms with Gasteiger partial charge in [-0.2, -0.15) is 0 Å². The molecule has 2 rings (SSSR count). The predicted molar refractivity (Wildman–Crippen MR) is 108 cm³/mol. The predicted octanol–water partition coefficient (Wildman–Crippen LogP) is 3.64. The van der Waals surface area contributed by atoms with Crippen molar-refractivity contribution in [2.45, 2.75) is 13.3 Å². The molecule has 0 spiro atoms. The van der Waals surface area contributed by atoms with E-state index in [4.69, 9.17) is 16.3 Å². The van der Waals surface area contributed by atoms with Gasteiger partial charge >= 0.3 is 0 Å². The largest absolute Gasteiger partial charge is 0.492 e. The summed E-state index contributed by atoms with van der Waals surface area (Å²) < 4.78 is 31.8. The molecule has 27 heavy (non-hydrogen) atoms. The number of benzene rings is 2. The summed E-state index contributed by atoms with van der Waals surface area (Å²) in [6, 6.07) is 13.4. The number of rotatable bonds is 9. The number of halogens is 1. The number of nitrogens with one attached hydrogen (secondary N) is 1. The molecule has 2 aromatic carbocycles. The standard InChI is InChI=1S/C19H23ClN2O4S/c1-3-13-27(24,25)21-17-6-4-5-15(14-17)19(23)22(2)11-12-26-18-9-7-16(20)8-10-18/h4-10,14,21H,3,11-13H2,1-2H3. The van der Waals surface area contributed by atoms with Gasteiger partial charge in [-0.05, 0) is 48.9 Å². The van der Waals surface area contributed by atoms with Crippen LogP contribution in [0.15, 0.2) is 48.5 Å². The van der Waals surface area contributed by atoms with Crippen LogP contribution in [0.1, 0.15) is 23.7 Å². The molecule has 1 amide bonds. The Kier molecular flexibility index (Phi) is 7.50. The highest BCUT2D eigenvalue weighted by Gasteiger charge is 2.14. The van der Waals surface area contributed by atoms with E-state index in [0.29, 0.717) is 41.6 Å². The van der Waals surface area contributed by atoms with Gasteiger partial charge in [0.2, 0.25) is 10.0 Å². The van der Waals surface area contributed by atoms with E-state index in [1.165, 1.54) is 11.0 Å². The van der Waals surface area contributed by atoms with Crippen LogP contribution in [0.4, 0.5) is 5.69 Å². The second kappa shape index (κ2) is 9.62. The van der Waals surface area contributed by atoms with Crippen molar-refractivity contribution in [3.63, 3.8) is 0 Å². The molecule has 0 bridgehead atoms. The Labute approximate surface area is 165 Å². The number of amides is 1. The van der Waals surface area contributed by atoms with E-state index in [-0.39, 0.29) is 11.7 Å². The summed E-state index contributed by atoms with van der Waals surface area (Å²) in [4.78, 5) is 14.1. The number of likely N-dealkylation sites (N-methyl/N-ethyl adjacent to an activating group) is 1. The van der Waals surface area contributed by atoms with E-state index in [2.05, 4.69) is 4.72 Å². The third-order valence-corrected chi connectivity index (χ3v) is 5.46. The second-order valence-electron chi connectivity index (χ2n) is 6.03. The molecule has 0 fully saturated rings. The molecule has 0 atom stereocenters. The maximum absolute atomic E-state index is 12.6. The molecular formula is C19H23ClN2O4S. The number of hydrogen-bond acceptors (Lipinski definition) is 4. The molecule has 146 valence electrons. The molecule has 0 radical (unpaired) electrons. The van der Waals surface area contributed by atoms with Crippen LogP contribution in [0.3, 0.4) is 0 Å². The lowest BCUT2D eigenvalue weighted by Crippen LogP contribution is -2.31. The van der Waals surface area contributed by atoms with E-state index < -0.39 is 10.0 Å². The van der Waals surface area contributed by atoms with Gasteiger partial charge in [0.25, 0.3) is 5.91 Å². The van der Waals surface area contributed by atoms with Crippen molar-refractivity contribution in [3.05, 3.63) is 59.1 Å². The fourth-order valence-electron chi connectivity index (χ4n) is 2.37. The fraction of sp³-hybridized carbons (Fsp3) is 0.316. The third kappa shape index (κ3) is 6.77. The summed E-state index contributed by atoms with van der Waals surface area (Å²) in [6.07, 6.45) is 0.518. The first kappa shape index (κ1) is 21.1. The van der Waals surface area contributed by atoms with E-state index in [0.717, 1.165) is 0 Å². The molecule has 1 N–H and O–H groups in total. The van der Waals surface area contributed by atoms with Crippen LogP contribution in [0.2, 0.25) is 5.02 Å². The summed E-state index contributed by atoms with van der Waals surface area (Å²) >= 11 is 5.82. The molecule has 0 unspecified atom stereocenters. The lowest BCUT2D eigenvalue weighted by molar-refractivity contribution is 0.0774. The van der Waals surface area contributed by atoms with Gasteiger partial charge in [0, 0.05) is 23.3 Å². The first-order valence-electron chi connectivity index (χ1n) is 8.55. The molecule has 2 aromatic rings. The Morgan fingerprint density at radius 1 is 1.19 bits per heavy atom. The first-order valence-corrected chi connectivity index (χ1v) is 10.6. The van der Waals surface area contributed by atoms with E-state index in [9.17, 15) is 13.2 Å². The molecule has 0 saturated heterocycles. The Morgan fingerprint density at radius 3 is 2.56 bits per heavy atom. The number of carbonyl (C=O) groups excluding carboxylic acids is 1. The zero-order valence-corrected chi connectivity index (χ0v) is 16.9. The van der Waals surface area contributed by atoms with Crippen molar-refractivity contribution in [1.82, 2.24) is 4.90 Å². The Morgan fingerprint density at radius 2 is 1.89 bits per heavy atom. The van der Waals surface area contributed by atoms with Gasteiger partial charge in [0.1, 0.15) is 12.4 Å². The fourth-order valence-corrected chi connectivity index (χ4v) is 3.62. The normalized spacial score (nSPS) is 11.1. The van der Waals surface area contributed by atoms with Crippen molar-refractivity contribution < 1.29 is 17.9 Å². The SMILES string of the molecule is CCCS(=O)(=O)Nc1cccc(C(=O)N(C)CCOc2ccc(Cl)cc2)c1. The van der Waals surface area contributed by atoms with Crippen LogP contribution in [0.5, 0.6) is 5.75 Å². The van der Waals surface area contributed by atoms with Crippen LogP contribution >= 0.6 is 11.6 Å². The van der Waals surface area contributed by atoms with Crippen LogP contribution in [-0.4, -0.2) is 45.2 Å². The molecule has 8 heteroatoms. The molecule has 0 aliphatic heterocycles. The lowest BCUT2D eigenvalue weighted by atomic mass is 10.2. The van der Waals surface area contributed by atoms with Gasteiger partial charge in [0.15, 0.2) is 0 Å². The number of hydrogen-bond donors (Lipinski definition) is 1. The lowest BCUT2D eigenvalue weighted by Gasteiger charge is -2.18. The third-order valence-electron chi connectivity index (χ3n) is 3.71.